The number of ketones is 1. The van der Waals surface area contributed by atoms with Gasteiger partial charge in [-0.2, -0.15) is 0 Å². The molecule has 2 aromatic carbocycles. The number of rotatable bonds is 5. The summed E-state index contributed by atoms with van der Waals surface area (Å²) in [4.78, 5) is 37.6. The van der Waals surface area contributed by atoms with Crippen molar-refractivity contribution in [2.24, 2.45) is 0 Å². The molecule has 11 heteroatoms. The topological polar surface area (TPSA) is 117 Å². The first-order chi connectivity index (χ1) is 18.8. The Kier molecular flexibility index (Phi) is 6.00. The summed E-state index contributed by atoms with van der Waals surface area (Å²) in [6.07, 6.45) is 1.72. The number of imidazole rings is 1. The van der Waals surface area contributed by atoms with Crippen molar-refractivity contribution in [3.05, 3.63) is 88.3 Å². The van der Waals surface area contributed by atoms with Gasteiger partial charge in [0.25, 0.3) is 5.78 Å². The van der Waals surface area contributed by atoms with E-state index in [1.165, 1.54) is 22.3 Å². The van der Waals surface area contributed by atoms with Crippen molar-refractivity contribution in [1.29, 1.82) is 0 Å². The summed E-state index contributed by atoms with van der Waals surface area (Å²) in [5.41, 5.74) is 2.29. The quantitative estimate of drug-likeness (QED) is 0.162. The van der Waals surface area contributed by atoms with Gasteiger partial charge in [0.15, 0.2) is 22.4 Å². The summed E-state index contributed by atoms with van der Waals surface area (Å²) >= 11 is 7.37. The lowest BCUT2D eigenvalue weighted by Crippen LogP contribution is -2.29. The Morgan fingerprint density at radius 2 is 1.95 bits per heavy atom. The Morgan fingerprint density at radius 1 is 1.13 bits per heavy atom. The minimum atomic E-state index is -1.06. The molecule has 1 atom stereocenters. The number of phenolic OH excluding ortho intramolecular Hbond substituents is 1. The molecule has 1 aliphatic heterocycles. The fraction of sp³-hybridized carbons (Fsp3) is 0.143. The highest BCUT2D eigenvalue weighted by molar-refractivity contribution is 7.22. The van der Waals surface area contributed by atoms with E-state index in [9.17, 15) is 19.8 Å². The number of phenols is 1. The smallest absolute Gasteiger partial charge is 0.301 e. The van der Waals surface area contributed by atoms with E-state index in [0.717, 1.165) is 4.70 Å². The summed E-state index contributed by atoms with van der Waals surface area (Å²) < 4.78 is 7.98. The van der Waals surface area contributed by atoms with Crippen molar-refractivity contribution in [1.82, 2.24) is 14.4 Å². The van der Waals surface area contributed by atoms with E-state index in [1.807, 2.05) is 6.07 Å². The number of benzene rings is 2. The van der Waals surface area contributed by atoms with Crippen LogP contribution in [0.5, 0.6) is 11.5 Å². The molecular weight excluding hydrogens is 540 g/mol. The highest BCUT2D eigenvalue weighted by Gasteiger charge is 2.49. The Bertz CT molecular complexity index is 1840. The summed E-state index contributed by atoms with van der Waals surface area (Å²) in [6.45, 7) is 3.78. The molecule has 9 nitrogen and oxygen atoms in total. The maximum Gasteiger partial charge on any atom is 0.301 e. The average Bonchev–Trinajstić information content (AvgIpc) is 3.55. The van der Waals surface area contributed by atoms with Gasteiger partial charge in [-0.25, -0.2) is 9.97 Å². The molecule has 5 aromatic rings. The first-order valence-electron chi connectivity index (χ1n) is 12.0. The van der Waals surface area contributed by atoms with E-state index in [2.05, 4.69) is 9.97 Å². The number of anilines is 1. The number of carbonyl (C=O) groups is 2. The van der Waals surface area contributed by atoms with E-state index in [-0.39, 0.29) is 34.6 Å². The lowest BCUT2D eigenvalue weighted by molar-refractivity contribution is -0.132. The molecule has 196 valence electrons. The SMILES string of the molecule is CCOc1cc(C2C(=C(O)c3c(C)nc4ccccn34)C(=O)C(=O)N2c2nc3ccc(Cl)cc3s2)ccc1O. The van der Waals surface area contributed by atoms with Crippen LogP contribution in [0.2, 0.25) is 5.02 Å². The third kappa shape index (κ3) is 4.00. The van der Waals surface area contributed by atoms with Crippen molar-refractivity contribution >= 4 is 61.4 Å². The number of fused-ring (bicyclic) bond motifs is 2. The van der Waals surface area contributed by atoms with Gasteiger partial charge in [-0.1, -0.05) is 35.1 Å². The van der Waals surface area contributed by atoms with Crippen LogP contribution in [-0.2, 0) is 9.59 Å². The van der Waals surface area contributed by atoms with Gasteiger partial charge in [-0.05, 0) is 61.9 Å². The second kappa shape index (κ2) is 9.40. The molecule has 0 bridgehead atoms. The zero-order valence-corrected chi connectivity index (χ0v) is 22.3. The van der Waals surface area contributed by atoms with E-state index in [1.54, 1.807) is 66.9 Å². The van der Waals surface area contributed by atoms with Gasteiger partial charge in [0, 0.05) is 11.2 Å². The van der Waals surface area contributed by atoms with Crippen LogP contribution in [0.4, 0.5) is 5.13 Å². The first-order valence-corrected chi connectivity index (χ1v) is 13.2. The molecule has 1 saturated heterocycles. The molecule has 1 aliphatic rings. The highest BCUT2D eigenvalue weighted by Crippen LogP contribution is 2.46. The number of aliphatic hydroxyl groups is 1. The number of aromatic hydroxyl groups is 1. The second-order valence-corrected chi connectivity index (χ2v) is 10.4. The largest absolute Gasteiger partial charge is 0.505 e. The third-order valence-electron chi connectivity index (χ3n) is 6.52. The Morgan fingerprint density at radius 3 is 2.74 bits per heavy atom. The van der Waals surface area contributed by atoms with Gasteiger partial charge in [0.2, 0.25) is 0 Å². The summed E-state index contributed by atoms with van der Waals surface area (Å²) in [5, 5.41) is 22.8. The number of halogens is 1. The van der Waals surface area contributed by atoms with Crippen molar-refractivity contribution in [2.45, 2.75) is 19.9 Å². The minimum absolute atomic E-state index is 0.0928. The molecule has 1 fully saturated rings. The number of hydrogen-bond donors (Lipinski definition) is 2. The van der Waals surface area contributed by atoms with Crippen LogP contribution in [0.1, 0.15) is 29.9 Å². The zero-order chi connectivity index (χ0) is 27.4. The Hall–Kier alpha value is -4.41. The summed E-state index contributed by atoms with van der Waals surface area (Å²) in [5.74, 6) is -1.99. The Balaban J connectivity index is 1.62. The van der Waals surface area contributed by atoms with Crippen LogP contribution in [0.15, 0.2) is 66.4 Å². The fourth-order valence-electron chi connectivity index (χ4n) is 4.83. The molecule has 1 amide bonds. The van der Waals surface area contributed by atoms with Gasteiger partial charge < -0.3 is 14.9 Å². The molecule has 0 spiro atoms. The first kappa shape index (κ1) is 24.9. The molecule has 0 radical (unpaired) electrons. The Labute approximate surface area is 231 Å². The van der Waals surface area contributed by atoms with E-state index >= 15 is 0 Å². The predicted octanol–water partition coefficient (Wildman–Crippen LogP) is 5.64. The molecule has 3 aromatic heterocycles. The minimum Gasteiger partial charge on any atom is -0.505 e. The normalized spacial score (nSPS) is 17.0. The predicted molar refractivity (Wildman–Crippen MR) is 149 cm³/mol. The van der Waals surface area contributed by atoms with Crippen molar-refractivity contribution in [2.75, 3.05) is 11.5 Å². The summed E-state index contributed by atoms with van der Waals surface area (Å²) in [7, 11) is 0. The van der Waals surface area contributed by atoms with Crippen LogP contribution in [0, 0.1) is 6.92 Å². The van der Waals surface area contributed by atoms with Crippen molar-refractivity contribution in [3.8, 4) is 11.5 Å². The van der Waals surface area contributed by atoms with Crippen molar-refractivity contribution < 1.29 is 24.5 Å². The molecule has 0 saturated carbocycles. The van der Waals surface area contributed by atoms with Crippen LogP contribution < -0.4 is 9.64 Å². The van der Waals surface area contributed by atoms with Gasteiger partial charge >= 0.3 is 5.91 Å². The average molecular weight is 561 g/mol. The molecule has 1 unspecified atom stereocenters. The van der Waals surface area contributed by atoms with Crippen LogP contribution in [0.3, 0.4) is 0 Å². The fourth-order valence-corrected chi connectivity index (χ4v) is 6.10. The van der Waals surface area contributed by atoms with E-state index < -0.39 is 17.7 Å². The monoisotopic (exact) mass is 560 g/mol. The number of aliphatic hydroxyl groups excluding tert-OH is 1. The van der Waals surface area contributed by atoms with Gasteiger partial charge in [-0.15, -0.1) is 0 Å². The maximum atomic E-state index is 13.6. The van der Waals surface area contributed by atoms with Gasteiger partial charge in [0.1, 0.15) is 11.3 Å². The number of carbonyl (C=O) groups excluding carboxylic acids is 2. The van der Waals surface area contributed by atoms with Crippen LogP contribution in [0.25, 0.3) is 21.6 Å². The lowest BCUT2D eigenvalue weighted by atomic mass is 9.96. The zero-order valence-electron chi connectivity index (χ0n) is 20.8. The molecule has 2 N–H and O–H groups in total. The van der Waals surface area contributed by atoms with Gasteiger partial charge in [0.05, 0.1) is 34.1 Å². The number of Topliss-reactive ketones (excluding diaryl/α,β-unsaturated/α-hetero) is 1. The summed E-state index contributed by atoms with van der Waals surface area (Å²) in [6, 6.07) is 14.0. The van der Waals surface area contributed by atoms with Gasteiger partial charge in [-0.3, -0.25) is 18.9 Å². The number of hydrogen-bond acceptors (Lipinski definition) is 8. The molecule has 0 aliphatic carbocycles. The number of ether oxygens (including phenoxy) is 1. The lowest BCUT2D eigenvalue weighted by Gasteiger charge is -2.23. The van der Waals surface area contributed by atoms with Crippen molar-refractivity contribution in [3.63, 3.8) is 0 Å². The molecule has 4 heterocycles. The van der Waals surface area contributed by atoms with E-state index in [0.29, 0.717) is 33.1 Å². The van der Waals surface area contributed by atoms with Crippen LogP contribution >= 0.6 is 22.9 Å². The third-order valence-corrected chi connectivity index (χ3v) is 7.77. The second-order valence-electron chi connectivity index (χ2n) is 8.91. The standard InChI is InChI=1S/C28H21ClN4O5S/c1-3-38-19-12-15(7-10-18(19)34)24-22(25(35)23-14(2)30-21-6-4-5-11-32(21)23)26(36)27(37)33(24)28-31-17-9-8-16(29)13-20(17)39-28/h4-13,24,34-35H,3H2,1-2H3. The number of aryl methyl sites for hydroxylation is 1. The molecule has 39 heavy (non-hydrogen) atoms. The molecule has 6 rings (SSSR count). The number of nitrogens with zero attached hydrogens (tertiary/aromatic N) is 4. The number of pyridine rings is 1. The number of aromatic nitrogens is 3. The number of thiazole rings is 1. The molecular formula is C28H21ClN4O5S. The maximum absolute atomic E-state index is 13.6. The number of amides is 1. The highest BCUT2D eigenvalue weighted by atomic mass is 35.5. The van der Waals surface area contributed by atoms with E-state index in [4.69, 9.17) is 16.3 Å². The van der Waals surface area contributed by atoms with Crippen LogP contribution in [-0.4, -0.2) is 42.9 Å².